The molecule has 0 saturated heterocycles. The molecule has 304 valence electrons. The molecule has 2 aliphatic rings. The first-order valence-corrected chi connectivity index (χ1v) is 22.0. The van der Waals surface area contributed by atoms with E-state index in [9.17, 15) is 0 Å². The fourth-order valence-corrected chi connectivity index (χ4v) is 9.19. The lowest BCUT2D eigenvalue weighted by molar-refractivity contribution is 0.590. The van der Waals surface area contributed by atoms with Crippen LogP contribution in [0.5, 0.6) is 0 Å². The largest absolute Gasteiger partial charge is 0.311 e. The number of hydrogen-bond acceptors (Lipinski definition) is 2. The van der Waals surface area contributed by atoms with E-state index >= 15 is 0 Å². The summed E-state index contributed by atoms with van der Waals surface area (Å²) in [7, 11) is 7.13. The van der Waals surface area contributed by atoms with Crippen molar-refractivity contribution in [2.45, 2.75) is 131 Å². The third kappa shape index (κ3) is 7.33. The molecule has 4 heteroatoms. The lowest BCUT2D eigenvalue weighted by Crippen LogP contribution is -2.62. The van der Waals surface area contributed by atoms with E-state index in [1.165, 1.54) is 66.7 Å². The maximum Gasteiger partial charge on any atom is 0.252 e. The van der Waals surface area contributed by atoms with Crippen molar-refractivity contribution in [1.82, 2.24) is 0 Å². The summed E-state index contributed by atoms with van der Waals surface area (Å²) in [5.41, 5.74) is 20.7. The van der Waals surface area contributed by atoms with Gasteiger partial charge in [0.25, 0.3) is 6.71 Å². The Kier molecular flexibility index (Phi) is 9.78. The first-order valence-electron chi connectivity index (χ1n) is 22.0. The highest BCUT2D eigenvalue weighted by Crippen LogP contribution is 2.48. The summed E-state index contributed by atoms with van der Waals surface area (Å²) in [5.74, 6) is 0. The second-order valence-electron chi connectivity index (χ2n) is 22.7. The molecule has 0 aliphatic carbocycles. The van der Waals surface area contributed by atoms with Crippen molar-refractivity contribution < 1.29 is 0 Å². The van der Waals surface area contributed by atoms with Crippen LogP contribution in [0.4, 0.5) is 34.1 Å². The highest BCUT2D eigenvalue weighted by Gasteiger charge is 2.44. The van der Waals surface area contributed by atoms with Crippen LogP contribution in [0.2, 0.25) is 0 Å². The molecule has 60 heavy (non-hydrogen) atoms. The van der Waals surface area contributed by atoms with Gasteiger partial charge < -0.3 is 9.80 Å². The van der Waals surface area contributed by atoms with E-state index in [0.717, 1.165) is 28.2 Å². The highest BCUT2D eigenvalue weighted by atomic mass is 15.2. The van der Waals surface area contributed by atoms with Gasteiger partial charge in [-0.05, 0) is 125 Å². The standard InChI is InChI=1S/C56H64B2N2/c1-52(2,3)36-18-16-35(17-19-36)43-30-38(54(7,8)9)22-27-46(43)60-48-29-24-40(56(13,14)15)32-45(48)58-44-31-39(55(10,11)12)23-28-47(44)59(49-33-41(57)34-50(60)51(49)58)42-25-20-37(21-26-42)53(4,5)6/h16-34H,1-15H3. The molecule has 2 nitrogen and oxygen atoms in total. The molecule has 6 aromatic rings. The Morgan fingerprint density at radius 1 is 0.367 bits per heavy atom. The lowest BCUT2D eigenvalue weighted by atomic mass is 9.33. The Labute approximate surface area is 363 Å². The summed E-state index contributed by atoms with van der Waals surface area (Å²) in [6, 6.07) is 44.5. The fraction of sp³-hybridized carbons (Fsp3) is 0.357. The normalized spacial score (nSPS) is 14.2. The van der Waals surface area contributed by atoms with E-state index in [4.69, 9.17) is 7.85 Å². The summed E-state index contributed by atoms with van der Waals surface area (Å²) in [5, 5.41) is 0. The molecular weight excluding hydrogens is 722 g/mol. The van der Waals surface area contributed by atoms with Gasteiger partial charge in [0.1, 0.15) is 7.85 Å². The van der Waals surface area contributed by atoms with Crippen molar-refractivity contribution in [3.8, 4) is 11.1 Å². The maximum absolute atomic E-state index is 7.13. The van der Waals surface area contributed by atoms with Crippen molar-refractivity contribution >= 4 is 70.5 Å². The Balaban J connectivity index is 1.48. The average Bonchev–Trinajstić information content (AvgIpc) is 3.15. The summed E-state index contributed by atoms with van der Waals surface area (Å²) >= 11 is 0. The molecule has 8 rings (SSSR count). The third-order valence-corrected chi connectivity index (χ3v) is 13.0. The van der Waals surface area contributed by atoms with Gasteiger partial charge in [-0.25, -0.2) is 0 Å². The van der Waals surface area contributed by atoms with Gasteiger partial charge in [0.2, 0.25) is 0 Å². The SMILES string of the molecule is [B]c1cc2c3c(c1)N(c1ccc(C(C)(C)C)cc1-c1ccc(C(C)(C)C)cc1)c1ccc(C(C)(C)C)cc1B3c1cc(C(C)(C)C)ccc1N2c1ccc(C(C)(C)C)cc1. The zero-order valence-electron chi connectivity index (χ0n) is 39.0. The molecule has 0 bridgehead atoms. The van der Waals surface area contributed by atoms with Crippen LogP contribution in [0, 0.1) is 0 Å². The molecular formula is C56H64B2N2. The molecule has 0 atom stereocenters. The van der Waals surface area contributed by atoms with Crippen LogP contribution in [0.25, 0.3) is 11.1 Å². The zero-order chi connectivity index (χ0) is 43.5. The minimum Gasteiger partial charge on any atom is -0.311 e. The summed E-state index contributed by atoms with van der Waals surface area (Å²) < 4.78 is 0. The van der Waals surface area contributed by atoms with Crippen LogP contribution >= 0.6 is 0 Å². The van der Waals surface area contributed by atoms with Crippen LogP contribution in [0.3, 0.4) is 0 Å². The number of hydrogen-bond donors (Lipinski definition) is 0. The van der Waals surface area contributed by atoms with Crippen molar-refractivity contribution in [3.63, 3.8) is 0 Å². The van der Waals surface area contributed by atoms with E-state index in [0.29, 0.717) is 0 Å². The van der Waals surface area contributed by atoms with Crippen molar-refractivity contribution in [2.75, 3.05) is 9.80 Å². The molecule has 2 aliphatic heterocycles. The highest BCUT2D eigenvalue weighted by molar-refractivity contribution is 7.00. The average molecular weight is 787 g/mol. The van der Waals surface area contributed by atoms with E-state index in [-0.39, 0.29) is 33.8 Å². The first-order chi connectivity index (χ1) is 27.8. The van der Waals surface area contributed by atoms with E-state index in [1.54, 1.807) is 0 Å². The van der Waals surface area contributed by atoms with Crippen LogP contribution in [-0.4, -0.2) is 14.6 Å². The second-order valence-corrected chi connectivity index (χ2v) is 22.7. The van der Waals surface area contributed by atoms with Crippen LogP contribution < -0.4 is 31.7 Å². The van der Waals surface area contributed by atoms with Gasteiger partial charge in [0, 0.05) is 34.0 Å². The van der Waals surface area contributed by atoms with Gasteiger partial charge in [0.15, 0.2) is 0 Å². The molecule has 6 aromatic carbocycles. The summed E-state index contributed by atoms with van der Waals surface area (Å²) in [4.78, 5) is 5.01. The first kappa shape index (κ1) is 41.8. The van der Waals surface area contributed by atoms with E-state index < -0.39 is 0 Å². The molecule has 0 N–H and O–H groups in total. The number of nitrogens with zero attached hydrogens (tertiary/aromatic N) is 2. The van der Waals surface area contributed by atoms with E-state index in [1.807, 2.05) is 0 Å². The van der Waals surface area contributed by atoms with Gasteiger partial charge in [-0.1, -0.05) is 176 Å². The Hall–Kier alpha value is -4.95. The van der Waals surface area contributed by atoms with Gasteiger partial charge in [-0.2, -0.15) is 0 Å². The van der Waals surface area contributed by atoms with Gasteiger partial charge in [0.05, 0.1) is 5.69 Å². The van der Waals surface area contributed by atoms with Crippen molar-refractivity contribution in [1.29, 1.82) is 0 Å². The molecule has 0 unspecified atom stereocenters. The van der Waals surface area contributed by atoms with Gasteiger partial charge in [-0.15, -0.1) is 0 Å². The molecule has 2 radical (unpaired) electrons. The summed E-state index contributed by atoms with van der Waals surface area (Å²) in [6.07, 6.45) is 0. The van der Waals surface area contributed by atoms with Gasteiger partial charge >= 0.3 is 0 Å². The number of rotatable bonds is 3. The minimum atomic E-state index is -0.0377. The van der Waals surface area contributed by atoms with Gasteiger partial charge in [-0.3, -0.25) is 0 Å². The van der Waals surface area contributed by atoms with Crippen LogP contribution in [0.1, 0.15) is 132 Å². The zero-order valence-corrected chi connectivity index (χ0v) is 39.0. The second kappa shape index (κ2) is 14.1. The number of fused-ring (bicyclic) bond motifs is 4. The fourth-order valence-electron chi connectivity index (χ4n) is 9.19. The van der Waals surface area contributed by atoms with E-state index in [2.05, 4.69) is 229 Å². The molecule has 0 amide bonds. The molecule has 0 saturated carbocycles. The minimum absolute atomic E-state index is 0.00471. The lowest BCUT2D eigenvalue weighted by Gasteiger charge is -2.45. The maximum atomic E-state index is 7.13. The number of anilines is 6. The molecule has 0 fully saturated rings. The van der Waals surface area contributed by atoms with Crippen LogP contribution in [0.15, 0.2) is 115 Å². The number of benzene rings is 6. The van der Waals surface area contributed by atoms with Crippen molar-refractivity contribution in [2.24, 2.45) is 0 Å². The summed E-state index contributed by atoms with van der Waals surface area (Å²) in [6.45, 7) is 34.6. The molecule has 0 aromatic heterocycles. The predicted octanol–water partition coefficient (Wildman–Crippen LogP) is 12.7. The Bertz CT molecular complexity index is 2620. The smallest absolute Gasteiger partial charge is 0.252 e. The Morgan fingerprint density at radius 3 is 1.18 bits per heavy atom. The third-order valence-electron chi connectivity index (χ3n) is 13.0. The molecule has 2 heterocycles. The van der Waals surface area contributed by atoms with Crippen molar-refractivity contribution in [3.05, 3.63) is 143 Å². The van der Waals surface area contributed by atoms with Crippen LogP contribution in [-0.2, 0) is 27.1 Å². The predicted molar refractivity (Wildman–Crippen MR) is 265 cm³/mol. The monoisotopic (exact) mass is 787 g/mol. The molecule has 0 spiro atoms. The topological polar surface area (TPSA) is 6.48 Å². The quantitative estimate of drug-likeness (QED) is 0.165. The Morgan fingerprint density at radius 2 is 0.733 bits per heavy atom.